The molecule has 2 rings (SSSR count). The van der Waals surface area contributed by atoms with Crippen molar-refractivity contribution < 1.29 is 13.5 Å². The second-order valence-corrected chi connectivity index (χ2v) is 9.08. The lowest BCUT2D eigenvalue weighted by molar-refractivity contribution is 0.285. The Morgan fingerprint density at radius 1 is 1.44 bits per heavy atom. The molecule has 0 aliphatic carbocycles. The van der Waals surface area contributed by atoms with Crippen LogP contribution in [0.3, 0.4) is 0 Å². The van der Waals surface area contributed by atoms with Crippen LogP contribution in [0.2, 0.25) is 0 Å². The first-order chi connectivity index (χ1) is 8.46. The second kappa shape index (κ2) is 5.50. The van der Waals surface area contributed by atoms with E-state index < -0.39 is 10.0 Å². The van der Waals surface area contributed by atoms with E-state index in [2.05, 4.69) is 6.92 Å². The van der Waals surface area contributed by atoms with E-state index in [-0.39, 0.29) is 12.6 Å². The van der Waals surface area contributed by atoms with E-state index >= 15 is 0 Å². The summed E-state index contributed by atoms with van der Waals surface area (Å²) in [5.41, 5.74) is 0. The summed E-state index contributed by atoms with van der Waals surface area (Å²) in [6.07, 6.45) is 0. The highest BCUT2D eigenvalue weighted by atomic mass is 32.2. The number of sulfonamides is 1. The van der Waals surface area contributed by atoms with E-state index in [0.717, 1.165) is 17.1 Å². The van der Waals surface area contributed by atoms with Gasteiger partial charge in [0.1, 0.15) is 4.21 Å². The maximum Gasteiger partial charge on any atom is 0.252 e. The third kappa shape index (κ3) is 2.60. The molecule has 1 saturated heterocycles. The Labute approximate surface area is 116 Å². The number of aliphatic hydroxyl groups is 1. The minimum absolute atomic E-state index is 0.00780. The third-order valence-corrected chi connectivity index (χ3v) is 8.04. The van der Waals surface area contributed by atoms with Gasteiger partial charge in [0.2, 0.25) is 0 Å². The van der Waals surface area contributed by atoms with E-state index in [0.29, 0.717) is 20.9 Å². The van der Waals surface area contributed by atoms with Crippen molar-refractivity contribution in [2.45, 2.75) is 36.0 Å². The molecule has 1 fully saturated rings. The quantitative estimate of drug-likeness (QED) is 0.924. The van der Waals surface area contributed by atoms with Crippen molar-refractivity contribution in [2.75, 3.05) is 12.3 Å². The van der Waals surface area contributed by atoms with Gasteiger partial charge in [0, 0.05) is 28.5 Å². The van der Waals surface area contributed by atoms with Crippen molar-refractivity contribution in [2.24, 2.45) is 0 Å². The monoisotopic (exact) mass is 307 g/mol. The van der Waals surface area contributed by atoms with Gasteiger partial charge in [-0.15, -0.1) is 11.3 Å². The molecule has 4 nitrogen and oxygen atoms in total. The summed E-state index contributed by atoms with van der Waals surface area (Å²) >= 11 is 2.96. The fourth-order valence-corrected chi connectivity index (χ4v) is 6.28. The first-order valence-corrected chi connectivity index (χ1v) is 9.10. The molecule has 18 heavy (non-hydrogen) atoms. The number of aliphatic hydroxyl groups excluding tert-OH is 1. The number of rotatable bonds is 3. The number of hydrogen-bond acceptors (Lipinski definition) is 5. The summed E-state index contributed by atoms with van der Waals surface area (Å²) in [5, 5.41) is 9.33. The van der Waals surface area contributed by atoms with Crippen LogP contribution in [-0.4, -0.2) is 41.4 Å². The van der Waals surface area contributed by atoms with Crippen molar-refractivity contribution in [3.63, 3.8) is 0 Å². The van der Waals surface area contributed by atoms with Gasteiger partial charge in [-0.25, -0.2) is 8.42 Å². The molecular formula is C11H17NO3S3. The van der Waals surface area contributed by atoms with Gasteiger partial charge in [0.15, 0.2) is 0 Å². The SMILES string of the molecule is CC1SCCN(S(=O)(=O)c2ccc(CO)s2)C1C. The minimum atomic E-state index is -3.41. The van der Waals surface area contributed by atoms with E-state index in [4.69, 9.17) is 5.11 Å². The largest absolute Gasteiger partial charge is 0.391 e. The van der Waals surface area contributed by atoms with E-state index in [1.54, 1.807) is 16.4 Å². The fraction of sp³-hybridized carbons (Fsp3) is 0.636. The van der Waals surface area contributed by atoms with Crippen molar-refractivity contribution in [3.05, 3.63) is 17.0 Å². The standard InChI is InChI=1S/C11H17NO3S3/c1-8-9(2)16-6-5-12(8)18(14,15)11-4-3-10(7-13)17-11/h3-4,8-9,13H,5-7H2,1-2H3. The maximum atomic E-state index is 12.5. The van der Waals surface area contributed by atoms with Crippen molar-refractivity contribution in [3.8, 4) is 0 Å². The number of thioether (sulfide) groups is 1. The van der Waals surface area contributed by atoms with Crippen LogP contribution in [-0.2, 0) is 16.6 Å². The highest BCUT2D eigenvalue weighted by Crippen LogP contribution is 2.32. The Balaban J connectivity index is 2.30. The lowest BCUT2D eigenvalue weighted by Crippen LogP contribution is -2.47. The molecule has 2 heterocycles. The molecule has 2 unspecified atom stereocenters. The Morgan fingerprint density at radius 3 is 2.78 bits per heavy atom. The molecule has 1 aromatic rings. The molecule has 0 saturated carbocycles. The van der Waals surface area contributed by atoms with Crippen LogP contribution >= 0.6 is 23.1 Å². The van der Waals surface area contributed by atoms with Crippen molar-refractivity contribution in [1.82, 2.24) is 4.31 Å². The summed E-state index contributed by atoms with van der Waals surface area (Å²) in [4.78, 5) is 0.681. The Bertz CT molecular complexity index is 511. The Hall–Kier alpha value is -0.0800. The Morgan fingerprint density at radius 2 is 2.17 bits per heavy atom. The van der Waals surface area contributed by atoms with Gasteiger partial charge in [0.05, 0.1) is 6.61 Å². The van der Waals surface area contributed by atoms with Crippen LogP contribution in [0.5, 0.6) is 0 Å². The first kappa shape index (κ1) is 14.3. The average molecular weight is 307 g/mol. The third-order valence-electron chi connectivity index (χ3n) is 3.18. The lowest BCUT2D eigenvalue weighted by Gasteiger charge is -2.35. The molecule has 2 atom stereocenters. The summed E-state index contributed by atoms with van der Waals surface area (Å²) in [5.74, 6) is 0.836. The second-order valence-electron chi connectivity index (χ2n) is 4.31. The van der Waals surface area contributed by atoms with E-state index in [1.807, 2.05) is 18.7 Å². The van der Waals surface area contributed by atoms with Crippen LogP contribution in [0, 0.1) is 0 Å². The molecular weight excluding hydrogens is 290 g/mol. The molecule has 1 N–H and O–H groups in total. The zero-order valence-corrected chi connectivity index (χ0v) is 12.8. The smallest absolute Gasteiger partial charge is 0.252 e. The summed E-state index contributed by atoms with van der Waals surface area (Å²) in [6.45, 7) is 4.46. The van der Waals surface area contributed by atoms with Gasteiger partial charge >= 0.3 is 0 Å². The normalized spacial score (nSPS) is 26.4. The first-order valence-electron chi connectivity index (χ1n) is 5.80. The molecule has 0 aromatic carbocycles. The maximum absolute atomic E-state index is 12.5. The highest BCUT2D eigenvalue weighted by Gasteiger charge is 2.35. The average Bonchev–Trinajstić information content (AvgIpc) is 2.81. The molecule has 1 aromatic heterocycles. The number of hydrogen-bond donors (Lipinski definition) is 1. The molecule has 1 aliphatic heterocycles. The molecule has 0 amide bonds. The predicted octanol–water partition coefficient (Wildman–Crippen LogP) is 1.75. The van der Waals surface area contributed by atoms with Gasteiger partial charge < -0.3 is 5.11 Å². The van der Waals surface area contributed by atoms with Crippen LogP contribution < -0.4 is 0 Å². The molecule has 1 aliphatic rings. The van der Waals surface area contributed by atoms with Crippen LogP contribution in [0.4, 0.5) is 0 Å². The van der Waals surface area contributed by atoms with Crippen LogP contribution in [0.1, 0.15) is 18.7 Å². The van der Waals surface area contributed by atoms with Crippen molar-refractivity contribution >= 4 is 33.1 Å². The molecule has 7 heteroatoms. The fourth-order valence-electron chi connectivity index (χ4n) is 1.94. The summed E-state index contributed by atoms with van der Waals surface area (Å²) in [6, 6.07) is 3.27. The van der Waals surface area contributed by atoms with Gasteiger partial charge in [-0.05, 0) is 19.1 Å². The van der Waals surface area contributed by atoms with Crippen molar-refractivity contribution in [1.29, 1.82) is 0 Å². The zero-order valence-electron chi connectivity index (χ0n) is 10.4. The molecule has 0 radical (unpaired) electrons. The van der Waals surface area contributed by atoms with Crippen LogP contribution in [0.15, 0.2) is 16.3 Å². The zero-order chi connectivity index (χ0) is 13.3. The van der Waals surface area contributed by atoms with Gasteiger partial charge in [-0.3, -0.25) is 0 Å². The molecule has 102 valence electrons. The minimum Gasteiger partial charge on any atom is -0.391 e. The number of nitrogens with zero attached hydrogens (tertiary/aromatic N) is 1. The van der Waals surface area contributed by atoms with E-state index in [1.165, 1.54) is 0 Å². The predicted molar refractivity (Wildman–Crippen MR) is 75.5 cm³/mol. The van der Waals surface area contributed by atoms with Gasteiger partial charge in [-0.2, -0.15) is 16.1 Å². The highest BCUT2D eigenvalue weighted by molar-refractivity contribution is 8.00. The lowest BCUT2D eigenvalue weighted by atomic mass is 10.2. The molecule has 0 bridgehead atoms. The Kier molecular flexibility index (Phi) is 4.38. The topological polar surface area (TPSA) is 57.6 Å². The van der Waals surface area contributed by atoms with Gasteiger partial charge in [0.25, 0.3) is 10.0 Å². The molecule has 0 spiro atoms. The van der Waals surface area contributed by atoms with Gasteiger partial charge in [-0.1, -0.05) is 6.92 Å². The summed E-state index contributed by atoms with van der Waals surface area (Å²) < 4.78 is 27.0. The van der Waals surface area contributed by atoms with E-state index in [9.17, 15) is 8.42 Å². The number of thiophene rings is 1. The summed E-state index contributed by atoms with van der Waals surface area (Å²) in [7, 11) is -3.41. The van der Waals surface area contributed by atoms with Crippen LogP contribution in [0.25, 0.3) is 0 Å².